The molecule has 4 nitrogen and oxygen atoms in total. The number of halogens is 4. The van der Waals surface area contributed by atoms with Gasteiger partial charge in [0.2, 0.25) is 0 Å². The number of anilines is 2. The van der Waals surface area contributed by atoms with Crippen LogP contribution in [0, 0.1) is 5.82 Å². The van der Waals surface area contributed by atoms with E-state index in [0.717, 1.165) is 10.5 Å². The lowest BCUT2D eigenvalue weighted by molar-refractivity contribution is 0.102. The zero-order valence-electron chi connectivity index (χ0n) is 14.0. The van der Waals surface area contributed by atoms with Crippen LogP contribution in [0.2, 0.25) is 5.02 Å². The fourth-order valence-corrected chi connectivity index (χ4v) is 4.06. The average Bonchev–Trinajstić information content (AvgIpc) is 2.67. The summed E-state index contributed by atoms with van der Waals surface area (Å²) in [6, 6.07) is 15.9. The second kappa shape index (κ2) is 9.17. The maximum atomic E-state index is 13.3. The molecule has 2 N–H and O–H groups in total. The Hall–Kier alpha value is -1.74. The maximum Gasteiger partial charge on any atom is 0.257 e. The summed E-state index contributed by atoms with van der Waals surface area (Å²) in [6.45, 7) is 0. The molecule has 0 saturated carbocycles. The highest BCUT2D eigenvalue weighted by Gasteiger charge is 2.16. The first-order valence-corrected chi connectivity index (χ1v) is 10.9. The van der Waals surface area contributed by atoms with Gasteiger partial charge in [0.05, 0.1) is 21.2 Å². The highest BCUT2D eigenvalue weighted by Crippen LogP contribution is 2.25. The number of amides is 1. The van der Waals surface area contributed by atoms with Crippen molar-refractivity contribution in [3.8, 4) is 0 Å². The van der Waals surface area contributed by atoms with Gasteiger partial charge in [-0.3, -0.25) is 4.79 Å². The Bertz CT molecular complexity index is 1060. The van der Waals surface area contributed by atoms with E-state index in [1.807, 2.05) is 12.1 Å². The molecule has 3 aromatic carbocycles. The predicted molar refractivity (Wildman–Crippen MR) is 118 cm³/mol. The lowest BCUT2D eigenvalue weighted by atomic mass is 10.1. The minimum Gasteiger partial charge on any atom is -0.322 e. The van der Waals surface area contributed by atoms with Crippen molar-refractivity contribution >= 4 is 71.7 Å². The van der Waals surface area contributed by atoms with Crippen LogP contribution in [0.3, 0.4) is 0 Å². The van der Waals surface area contributed by atoms with Gasteiger partial charge in [0, 0.05) is 14.6 Å². The zero-order chi connectivity index (χ0) is 20.3. The molecular formula is C19H12Br2ClFN2O2S. The van der Waals surface area contributed by atoms with Gasteiger partial charge in [0.25, 0.3) is 5.91 Å². The van der Waals surface area contributed by atoms with E-state index < -0.39 is 16.8 Å². The fraction of sp³-hybridized carbons (Fsp3) is 0. The number of benzene rings is 3. The summed E-state index contributed by atoms with van der Waals surface area (Å²) in [5.74, 6) is -0.971. The molecule has 0 heterocycles. The second-order valence-corrected chi connectivity index (χ2v) is 9.05. The van der Waals surface area contributed by atoms with E-state index in [-0.39, 0.29) is 15.8 Å². The zero-order valence-corrected chi connectivity index (χ0v) is 18.8. The molecule has 0 aliphatic heterocycles. The topological polar surface area (TPSA) is 58.2 Å². The molecule has 144 valence electrons. The first kappa shape index (κ1) is 21.0. The number of hydrogen-bond donors (Lipinski definition) is 2. The number of carbonyl (C=O) groups excluding carboxylic acids is 1. The number of hydrogen-bond acceptors (Lipinski definition) is 2. The molecule has 1 amide bonds. The van der Waals surface area contributed by atoms with Crippen LogP contribution < -0.4 is 10.0 Å². The SMILES string of the molecule is O=C(Nc1ccc(Br)cc1)c1cc(Br)ccc1NS(=O)c1ccc(F)c(Cl)c1. The van der Waals surface area contributed by atoms with Crippen molar-refractivity contribution in [3.63, 3.8) is 0 Å². The van der Waals surface area contributed by atoms with Crippen molar-refractivity contribution in [1.29, 1.82) is 0 Å². The van der Waals surface area contributed by atoms with Crippen LogP contribution in [0.15, 0.2) is 74.5 Å². The van der Waals surface area contributed by atoms with Gasteiger partial charge in [-0.1, -0.05) is 43.5 Å². The summed E-state index contributed by atoms with van der Waals surface area (Å²) in [4.78, 5) is 13.0. The Balaban J connectivity index is 1.85. The van der Waals surface area contributed by atoms with Gasteiger partial charge in [-0.15, -0.1) is 0 Å². The van der Waals surface area contributed by atoms with Gasteiger partial charge < -0.3 is 10.0 Å². The van der Waals surface area contributed by atoms with E-state index in [9.17, 15) is 13.4 Å². The van der Waals surface area contributed by atoms with Crippen LogP contribution in [-0.4, -0.2) is 10.1 Å². The molecule has 0 radical (unpaired) electrons. The molecule has 0 bridgehead atoms. The quantitative estimate of drug-likeness (QED) is 0.390. The van der Waals surface area contributed by atoms with Crippen molar-refractivity contribution in [2.45, 2.75) is 4.90 Å². The molecule has 0 spiro atoms. The largest absolute Gasteiger partial charge is 0.322 e. The third kappa shape index (κ3) is 5.20. The number of nitrogens with one attached hydrogen (secondary N) is 2. The van der Waals surface area contributed by atoms with E-state index in [1.165, 1.54) is 12.1 Å². The highest BCUT2D eigenvalue weighted by atomic mass is 79.9. The molecule has 0 saturated heterocycles. The van der Waals surface area contributed by atoms with Crippen LogP contribution >= 0.6 is 43.5 Å². The van der Waals surface area contributed by atoms with Crippen LogP contribution in [0.4, 0.5) is 15.8 Å². The Kier molecular flexibility index (Phi) is 6.87. The van der Waals surface area contributed by atoms with Crippen LogP contribution in [0.25, 0.3) is 0 Å². The molecule has 0 aliphatic carbocycles. The molecule has 3 aromatic rings. The minimum absolute atomic E-state index is 0.128. The van der Waals surface area contributed by atoms with E-state index in [1.54, 1.807) is 30.3 Å². The van der Waals surface area contributed by atoms with Gasteiger partial charge in [0.1, 0.15) is 16.8 Å². The van der Waals surface area contributed by atoms with E-state index in [0.29, 0.717) is 21.4 Å². The first-order valence-electron chi connectivity index (χ1n) is 7.83. The Morgan fingerprint density at radius 1 is 0.964 bits per heavy atom. The molecule has 0 aliphatic rings. The molecule has 9 heteroatoms. The summed E-state index contributed by atoms with van der Waals surface area (Å²) in [5, 5.41) is 2.66. The highest BCUT2D eigenvalue weighted by molar-refractivity contribution is 9.10. The third-order valence-electron chi connectivity index (χ3n) is 3.64. The van der Waals surface area contributed by atoms with Gasteiger partial charge in [0.15, 0.2) is 0 Å². The summed E-state index contributed by atoms with van der Waals surface area (Å²) in [5.41, 5.74) is 1.26. The molecule has 3 rings (SSSR count). The lowest BCUT2D eigenvalue weighted by Crippen LogP contribution is -2.16. The summed E-state index contributed by atoms with van der Waals surface area (Å²) in [6.07, 6.45) is 0. The maximum absolute atomic E-state index is 13.3. The molecule has 1 atom stereocenters. The summed E-state index contributed by atoms with van der Waals surface area (Å²) >= 11 is 12.4. The van der Waals surface area contributed by atoms with Crippen molar-refractivity contribution in [2.24, 2.45) is 0 Å². The molecule has 28 heavy (non-hydrogen) atoms. The Morgan fingerprint density at radius 3 is 2.32 bits per heavy atom. The van der Waals surface area contributed by atoms with Crippen LogP contribution in [0.5, 0.6) is 0 Å². The van der Waals surface area contributed by atoms with Crippen LogP contribution in [-0.2, 0) is 11.0 Å². The molecular weight excluding hydrogens is 535 g/mol. The van der Waals surface area contributed by atoms with Gasteiger partial charge in [-0.05, 0) is 60.7 Å². The lowest BCUT2D eigenvalue weighted by Gasteiger charge is -2.13. The van der Waals surface area contributed by atoms with Crippen molar-refractivity contribution < 1.29 is 13.4 Å². The summed E-state index contributed by atoms with van der Waals surface area (Å²) in [7, 11) is -1.74. The van der Waals surface area contributed by atoms with Gasteiger partial charge in [-0.2, -0.15) is 0 Å². The predicted octanol–water partition coefficient (Wildman–Crippen LogP) is 6.39. The van der Waals surface area contributed by atoms with E-state index >= 15 is 0 Å². The fourth-order valence-electron chi connectivity index (χ4n) is 2.28. The number of carbonyl (C=O) groups is 1. The standard InChI is InChI=1S/C19H12Br2ClFN2O2S/c20-11-1-4-13(5-2-11)24-19(26)15-9-12(21)3-8-18(15)25-28(27)14-6-7-17(23)16(22)10-14/h1-10,25H,(H,24,26). The molecule has 1 unspecified atom stereocenters. The normalized spacial score (nSPS) is 11.7. The van der Waals surface area contributed by atoms with Crippen molar-refractivity contribution in [2.75, 3.05) is 10.0 Å². The Labute approximate surface area is 185 Å². The van der Waals surface area contributed by atoms with E-state index in [2.05, 4.69) is 41.9 Å². The van der Waals surface area contributed by atoms with Crippen molar-refractivity contribution in [3.05, 3.63) is 86.0 Å². The Morgan fingerprint density at radius 2 is 1.64 bits per heavy atom. The smallest absolute Gasteiger partial charge is 0.257 e. The summed E-state index contributed by atoms with van der Waals surface area (Å²) < 4.78 is 30.3. The van der Waals surface area contributed by atoms with Crippen molar-refractivity contribution in [1.82, 2.24) is 0 Å². The van der Waals surface area contributed by atoms with E-state index in [4.69, 9.17) is 11.6 Å². The first-order chi connectivity index (χ1) is 13.3. The van der Waals surface area contributed by atoms with Gasteiger partial charge in [-0.25, -0.2) is 8.60 Å². The van der Waals surface area contributed by atoms with Crippen LogP contribution in [0.1, 0.15) is 10.4 Å². The second-order valence-electron chi connectivity index (χ2n) is 5.60. The molecule has 0 aromatic heterocycles. The van der Waals surface area contributed by atoms with Gasteiger partial charge >= 0.3 is 0 Å². The number of rotatable bonds is 5. The third-order valence-corrected chi connectivity index (χ3v) is 6.04. The monoisotopic (exact) mass is 544 g/mol. The minimum atomic E-state index is -1.74. The molecule has 0 fully saturated rings. The average molecular weight is 547 g/mol.